The summed E-state index contributed by atoms with van der Waals surface area (Å²) >= 11 is 0. The summed E-state index contributed by atoms with van der Waals surface area (Å²) in [4.78, 5) is 6.45. The van der Waals surface area contributed by atoms with Crippen molar-refractivity contribution in [2.24, 2.45) is 5.92 Å². The zero-order chi connectivity index (χ0) is 11.2. The normalized spacial score (nSPS) is 22.8. The predicted octanol–water partition coefficient (Wildman–Crippen LogP) is 1.05. The third-order valence-electron chi connectivity index (χ3n) is 3.51. The van der Waals surface area contributed by atoms with Crippen molar-refractivity contribution in [3.63, 3.8) is 0 Å². The van der Waals surface area contributed by atoms with E-state index in [1.54, 1.807) is 7.11 Å². The zero-order valence-electron chi connectivity index (χ0n) is 9.39. The Morgan fingerprint density at radius 2 is 2.19 bits per heavy atom. The highest BCUT2D eigenvalue weighted by molar-refractivity contribution is 5.46. The maximum atomic E-state index is 10.2. The molecule has 0 spiro atoms. The summed E-state index contributed by atoms with van der Waals surface area (Å²) < 4.78 is 5.09. The first kappa shape index (κ1) is 9.90. The number of aliphatic hydroxyl groups is 1. The van der Waals surface area contributed by atoms with Crippen molar-refractivity contribution in [2.75, 3.05) is 25.1 Å². The third-order valence-corrected chi connectivity index (χ3v) is 3.51. The van der Waals surface area contributed by atoms with Crippen LogP contribution >= 0.6 is 0 Å². The molecule has 4 heteroatoms. The number of anilines is 1. The van der Waals surface area contributed by atoms with Crippen molar-refractivity contribution < 1.29 is 9.84 Å². The average molecular weight is 220 g/mol. The maximum Gasteiger partial charge on any atom is 0.214 e. The zero-order valence-corrected chi connectivity index (χ0v) is 9.39. The standard InChI is InChI=1S/C12H16N2O2/c1-16-11-4-2-3-10(13-11)14-7-12(15,8-14)9-5-6-9/h2-4,9,15H,5-8H2,1H3. The second kappa shape index (κ2) is 3.35. The molecule has 1 saturated carbocycles. The van der Waals surface area contributed by atoms with Crippen LogP contribution in [0.1, 0.15) is 12.8 Å². The van der Waals surface area contributed by atoms with Gasteiger partial charge in [-0.05, 0) is 24.8 Å². The minimum atomic E-state index is -0.454. The molecule has 1 N–H and O–H groups in total. The topological polar surface area (TPSA) is 45.6 Å². The van der Waals surface area contributed by atoms with Crippen LogP contribution in [0.3, 0.4) is 0 Å². The average Bonchev–Trinajstić information content (AvgIpc) is 3.09. The molecule has 86 valence electrons. The molecule has 0 bridgehead atoms. The monoisotopic (exact) mass is 220 g/mol. The Kier molecular flexibility index (Phi) is 2.07. The van der Waals surface area contributed by atoms with E-state index in [9.17, 15) is 5.11 Å². The Hall–Kier alpha value is -1.29. The predicted molar refractivity (Wildman–Crippen MR) is 60.7 cm³/mol. The Balaban J connectivity index is 1.70. The second-order valence-corrected chi connectivity index (χ2v) is 4.77. The van der Waals surface area contributed by atoms with E-state index in [4.69, 9.17) is 4.74 Å². The van der Waals surface area contributed by atoms with Crippen LogP contribution in [-0.2, 0) is 0 Å². The van der Waals surface area contributed by atoms with Gasteiger partial charge in [-0.15, -0.1) is 0 Å². The van der Waals surface area contributed by atoms with Gasteiger partial charge in [0.25, 0.3) is 0 Å². The molecular weight excluding hydrogens is 204 g/mol. The van der Waals surface area contributed by atoms with Crippen molar-refractivity contribution in [3.8, 4) is 5.88 Å². The SMILES string of the molecule is COc1cccc(N2CC(O)(C3CC3)C2)n1. The van der Waals surface area contributed by atoms with Crippen LogP contribution in [0, 0.1) is 5.92 Å². The fraction of sp³-hybridized carbons (Fsp3) is 0.583. The fourth-order valence-electron chi connectivity index (χ4n) is 2.35. The van der Waals surface area contributed by atoms with Gasteiger partial charge in [0.15, 0.2) is 0 Å². The molecule has 1 saturated heterocycles. The van der Waals surface area contributed by atoms with Gasteiger partial charge in [0.1, 0.15) is 11.4 Å². The van der Waals surface area contributed by atoms with Gasteiger partial charge in [-0.2, -0.15) is 4.98 Å². The Bertz CT molecular complexity index is 398. The molecular formula is C12H16N2O2. The maximum absolute atomic E-state index is 10.2. The summed E-state index contributed by atoms with van der Waals surface area (Å²) in [6, 6.07) is 5.71. The molecule has 4 nitrogen and oxygen atoms in total. The van der Waals surface area contributed by atoms with Crippen molar-refractivity contribution in [1.29, 1.82) is 0 Å². The smallest absolute Gasteiger partial charge is 0.214 e. The molecule has 16 heavy (non-hydrogen) atoms. The number of aromatic nitrogens is 1. The number of rotatable bonds is 3. The van der Waals surface area contributed by atoms with E-state index in [0.717, 1.165) is 5.82 Å². The van der Waals surface area contributed by atoms with Crippen LogP contribution in [0.2, 0.25) is 0 Å². The molecule has 0 radical (unpaired) electrons. The number of hydrogen-bond donors (Lipinski definition) is 1. The molecule has 3 rings (SSSR count). The summed E-state index contributed by atoms with van der Waals surface area (Å²) in [7, 11) is 1.61. The van der Waals surface area contributed by atoms with E-state index in [2.05, 4.69) is 9.88 Å². The van der Waals surface area contributed by atoms with E-state index in [0.29, 0.717) is 24.9 Å². The molecule has 1 aromatic heterocycles. The molecule has 1 aromatic rings. The highest BCUT2D eigenvalue weighted by Crippen LogP contribution is 2.45. The first-order valence-electron chi connectivity index (χ1n) is 5.70. The highest BCUT2D eigenvalue weighted by atomic mass is 16.5. The van der Waals surface area contributed by atoms with Gasteiger partial charge < -0.3 is 14.7 Å². The molecule has 2 heterocycles. The van der Waals surface area contributed by atoms with E-state index in [1.165, 1.54) is 12.8 Å². The van der Waals surface area contributed by atoms with E-state index >= 15 is 0 Å². The summed E-state index contributed by atoms with van der Waals surface area (Å²) in [5.74, 6) is 2.04. The number of pyridine rings is 1. The summed E-state index contributed by atoms with van der Waals surface area (Å²) in [6.07, 6.45) is 2.35. The number of ether oxygens (including phenoxy) is 1. The lowest BCUT2D eigenvalue weighted by Crippen LogP contribution is -2.63. The van der Waals surface area contributed by atoms with Gasteiger partial charge in [0, 0.05) is 6.07 Å². The van der Waals surface area contributed by atoms with Gasteiger partial charge in [0.2, 0.25) is 5.88 Å². The number of β-amino-alcohol motifs (C(OH)–C–C–N with tert-alkyl or cyclic N) is 1. The van der Waals surface area contributed by atoms with Gasteiger partial charge in [-0.1, -0.05) is 6.07 Å². The summed E-state index contributed by atoms with van der Waals surface area (Å²) in [5.41, 5.74) is -0.454. The Labute approximate surface area is 94.9 Å². The molecule has 0 atom stereocenters. The molecule has 0 amide bonds. The van der Waals surface area contributed by atoms with Gasteiger partial charge in [-0.3, -0.25) is 0 Å². The van der Waals surface area contributed by atoms with Gasteiger partial charge in [-0.25, -0.2) is 0 Å². The Morgan fingerprint density at radius 1 is 1.44 bits per heavy atom. The minimum absolute atomic E-state index is 0.454. The van der Waals surface area contributed by atoms with Crippen molar-refractivity contribution in [1.82, 2.24) is 4.98 Å². The molecule has 0 aromatic carbocycles. The molecule has 2 fully saturated rings. The van der Waals surface area contributed by atoms with Crippen molar-refractivity contribution >= 4 is 5.82 Å². The van der Waals surface area contributed by atoms with Crippen molar-refractivity contribution in [2.45, 2.75) is 18.4 Å². The fourth-order valence-corrected chi connectivity index (χ4v) is 2.35. The number of methoxy groups -OCH3 is 1. The number of hydrogen-bond acceptors (Lipinski definition) is 4. The van der Waals surface area contributed by atoms with Crippen LogP contribution < -0.4 is 9.64 Å². The van der Waals surface area contributed by atoms with E-state index in [-0.39, 0.29) is 0 Å². The lowest BCUT2D eigenvalue weighted by Gasteiger charge is -2.47. The lowest BCUT2D eigenvalue weighted by atomic mass is 9.89. The largest absolute Gasteiger partial charge is 0.481 e. The first-order chi connectivity index (χ1) is 7.71. The number of nitrogens with zero attached hydrogens (tertiary/aromatic N) is 2. The third kappa shape index (κ3) is 1.53. The summed E-state index contributed by atoms with van der Waals surface area (Å²) in [6.45, 7) is 1.41. The van der Waals surface area contributed by atoms with Crippen LogP contribution in [0.5, 0.6) is 5.88 Å². The lowest BCUT2D eigenvalue weighted by molar-refractivity contribution is -0.00978. The van der Waals surface area contributed by atoms with Crippen LogP contribution in [0.4, 0.5) is 5.82 Å². The quantitative estimate of drug-likeness (QED) is 0.827. The van der Waals surface area contributed by atoms with Crippen LogP contribution in [0.25, 0.3) is 0 Å². The first-order valence-corrected chi connectivity index (χ1v) is 5.70. The van der Waals surface area contributed by atoms with E-state index < -0.39 is 5.60 Å². The van der Waals surface area contributed by atoms with Crippen molar-refractivity contribution in [3.05, 3.63) is 18.2 Å². The highest BCUT2D eigenvalue weighted by Gasteiger charge is 2.52. The molecule has 0 unspecified atom stereocenters. The molecule has 1 aliphatic carbocycles. The second-order valence-electron chi connectivity index (χ2n) is 4.77. The molecule has 2 aliphatic rings. The molecule has 1 aliphatic heterocycles. The Morgan fingerprint density at radius 3 is 2.81 bits per heavy atom. The van der Waals surface area contributed by atoms with Crippen LogP contribution in [0.15, 0.2) is 18.2 Å². The van der Waals surface area contributed by atoms with Gasteiger partial charge >= 0.3 is 0 Å². The van der Waals surface area contributed by atoms with E-state index in [1.807, 2.05) is 18.2 Å². The van der Waals surface area contributed by atoms with Gasteiger partial charge in [0.05, 0.1) is 20.2 Å². The van der Waals surface area contributed by atoms with Crippen LogP contribution in [-0.4, -0.2) is 35.9 Å². The summed E-state index contributed by atoms with van der Waals surface area (Å²) in [5, 5.41) is 10.2. The minimum Gasteiger partial charge on any atom is -0.481 e.